The summed E-state index contributed by atoms with van der Waals surface area (Å²) in [5, 5.41) is 9.04. The lowest BCUT2D eigenvalue weighted by atomic mass is 10.0. The van der Waals surface area contributed by atoms with Gasteiger partial charge >= 0.3 is 5.97 Å². The van der Waals surface area contributed by atoms with Crippen molar-refractivity contribution in [3.8, 4) is 0 Å². The smallest absolute Gasteiger partial charge is 0.317 e. The molecule has 1 N–H and O–H groups in total. The number of benzene rings is 1. The second kappa shape index (κ2) is 7.26. The maximum absolute atomic E-state index is 11.0. The van der Waals surface area contributed by atoms with E-state index in [1.54, 1.807) is 0 Å². The third kappa shape index (κ3) is 5.41. The van der Waals surface area contributed by atoms with Gasteiger partial charge < -0.3 is 10.0 Å². The van der Waals surface area contributed by atoms with E-state index in [1.165, 1.54) is 11.1 Å². The van der Waals surface area contributed by atoms with Gasteiger partial charge in [-0.3, -0.25) is 9.69 Å². The lowest BCUT2D eigenvalue weighted by Gasteiger charge is -2.29. The molecule has 106 valence electrons. The number of likely N-dealkylation sites (N-methyl/N-ethyl adjacent to an activating group) is 1. The third-order valence-corrected chi connectivity index (χ3v) is 3.25. The number of hydrogen-bond acceptors (Lipinski definition) is 3. The van der Waals surface area contributed by atoms with Gasteiger partial charge in [0.05, 0.1) is 6.54 Å². The number of hydrogen-bond donors (Lipinski definition) is 1. The average molecular weight is 264 g/mol. The van der Waals surface area contributed by atoms with Crippen molar-refractivity contribution in [1.82, 2.24) is 9.80 Å². The van der Waals surface area contributed by atoms with Gasteiger partial charge in [0.15, 0.2) is 0 Å². The van der Waals surface area contributed by atoms with E-state index >= 15 is 0 Å². The molecule has 0 aromatic heterocycles. The van der Waals surface area contributed by atoms with Crippen molar-refractivity contribution < 1.29 is 9.90 Å². The van der Waals surface area contributed by atoms with Gasteiger partial charge in [-0.2, -0.15) is 0 Å². The highest BCUT2D eigenvalue weighted by Gasteiger charge is 2.18. The molecule has 0 radical (unpaired) electrons. The Bertz CT molecular complexity index is 418. The van der Waals surface area contributed by atoms with E-state index in [4.69, 9.17) is 5.11 Å². The van der Waals surface area contributed by atoms with Crippen LogP contribution in [-0.2, 0) is 4.79 Å². The zero-order chi connectivity index (χ0) is 14.4. The van der Waals surface area contributed by atoms with Crippen LogP contribution in [0.4, 0.5) is 0 Å². The molecule has 0 saturated carbocycles. The predicted molar refractivity (Wildman–Crippen MR) is 77.4 cm³/mol. The highest BCUT2D eigenvalue weighted by Crippen LogP contribution is 2.20. The summed E-state index contributed by atoms with van der Waals surface area (Å²) in [5.41, 5.74) is 2.37. The molecule has 0 aliphatic heterocycles. The summed E-state index contributed by atoms with van der Waals surface area (Å²) in [5.74, 6) is -0.779. The Kier molecular flexibility index (Phi) is 5.99. The summed E-state index contributed by atoms with van der Waals surface area (Å²) in [6.07, 6.45) is 0. The number of aliphatic carboxylic acids is 1. The van der Waals surface area contributed by atoms with Crippen molar-refractivity contribution in [2.45, 2.75) is 19.9 Å². The molecule has 4 nitrogen and oxygen atoms in total. The summed E-state index contributed by atoms with van der Waals surface area (Å²) in [7, 11) is 3.99. The Hall–Kier alpha value is -1.39. The standard InChI is InChI=1S/C15H24N2O2/c1-12-6-5-7-14(10-12)13(2)17(11-15(18)19)9-8-16(3)4/h5-7,10,13H,8-9,11H2,1-4H3,(H,18,19). The second-order valence-corrected chi connectivity index (χ2v) is 5.26. The van der Waals surface area contributed by atoms with E-state index in [0.29, 0.717) is 0 Å². The molecule has 0 aliphatic rings. The van der Waals surface area contributed by atoms with Crippen molar-refractivity contribution in [3.05, 3.63) is 35.4 Å². The first kappa shape index (κ1) is 15.7. The number of aryl methyl sites for hydroxylation is 1. The summed E-state index contributed by atoms with van der Waals surface area (Å²) >= 11 is 0. The lowest BCUT2D eigenvalue weighted by molar-refractivity contribution is -0.138. The second-order valence-electron chi connectivity index (χ2n) is 5.26. The lowest BCUT2D eigenvalue weighted by Crippen LogP contribution is -2.37. The number of carboxylic acids is 1. The first-order chi connectivity index (χ1) is 8.90. The molecule has 1 aromatic carbocycles. The minimum Gasteiger partial charge on any atom is -0.480 e. The Morgan fingerprint density at radius 1 is 1.32 bits per heavy atom. The fourth-order valence-electron chi connectivity index (χ4n) is 2.05. The number of nitrogens with zero attached hydrogens (tertiary/aromatic N) is 2. The van der Waals surface area contributed by atoms with Crippen molar-refractivity contribution >= 4 is 5.97 Å². The van der Waals surface area contributed by atoms with E-state index in [-0.39, 0.29) is 12.6 Å². The van der Waals surface area contributed by atoms with Crippen LogP contribution in [0.25, 0.3) is 0 Å². The maximum Gasteiger partial charge on any atom is 0.317 e. The largest absolute Gasteiger partial charge is 0.480 e. The van der Waals surface area contributed by atoms with Gasteiger partial charge in [-0.05, 0) is 33.5 Å². The maximum atomic E-state index is 11.0. The molecule has 0 bridgehead atoms. The summed E-state index contributed by atoms with van der Waals surface area (Å²) < 4.78 is 0. The van der Waals surface area contributed by atoms with Crippen molar-refractivity contribution in [2.24, 2.45) is 0 Å². The van der Waals surface area contributed by atoms with E-state index in [0.717, 1.165) is 13.1 Å². The van der Waals surface area contributed by atoms with Gasteiger partial charge in [-0.25, -0.2) is 0 Å². The van der Waals surface area contributed by atoms with Crippen LogP contribution in [0.2, 0.25) is 0 Å². The van der Waals surface area contributed by atoms with Crippen LogP contribution in [0.15, 0.2) is 24.3 Å². The molecule has 19 heavy (non-hydrogen) atoms. The molecule has 0 amide bonds. The predicted octanol–water partition coefficient (Wildman–Crippen LogP) is 2.00. The van der Waals surface area contributed by atoms with E-state index in [2.05, 4.69) is 36.9 Å². The van der Waals surface area contributed by atoms with Gasteiger partial charge in [0.2, 0.25) is 0 Å². The molecular weight excluding hydrogens is 240 g/mol. The number of carbonyl (C=O) groups is 1. The molecular formula is C15H24N2O2. The normalized spacial score (nSPS) is 12.9. The highest BCUT2D eigenvalue weighted by molar-refractivity contribution is 5.69. The van der Waals surface area contributed by atoms with E-state index < -0.39 is 5.97 Å². The zero-order valence-electron chi connectivity index (χ0n) is 12.3. The summed E-state index contributed by atoms with van der Waals surface area (Å²) in [6, 6.07) is 8.36. The molecule has 0 saturated heterocycles. The molecule has 0 spiro atoms. The topological polar surface area (TPSA) is 43.8 Å². The quantitative estimate of drug-likeness (QED) is 0.818. The fourth-order valence-corrected chi connectivity index (χ4v) is 2.05. The zero-order valence-corrected chi connectivity index (χ0v) is 12.3. The van der Waals surface area contributed by atoms with E-state index in [1.807, 2.05) is 25.1 Å². The first-order valence-corrected chi connectivity index (χ1v) is 6.57. The molecule has 1 atom stereocenters. The molecule has 0 aliphatic carbocycles. The summed E-state index contributed by atoms with van der Waals surface area (Å²) in [4.78, 5) is 15.1. The van der Waals surface area contributed by atoms with Crippen LogP contribution < -0.4 is 0 Å². The SMILES string of the molecule is Cc1cccc(C(C)N(CCN(C)C)CC(=O)O)c1. The number of carboxylic acid groups (broad SMARTS) is 1. The minimum atomic E-state index is -0.779. The summed E-state index contributed by atoms with van der Waals surface area (Å²) in [6.45, 7) is 5.78. The molecule has 1 unspecified atom stereocenters. The first-order valence-electron chi connectivity index (χ1n) is 6.57. The van der Waals surface area contributed by atoms with Gasteiger partial charge in [-0.1, -0.05) is 29.8 Å². The van der Waals surface area contributed by atoms with Crippen molar-refractivity contribution in [2.75, 3.05) is 33.7 Å². The van der Waals surface area contributed by atoms with Crippen molar-refractivity contribution in [3.63, 3.8) is 0 Å². The Labute approximate surface area is 115 Å². The molecule has 1 rings (SSSR count). The van der Waals surface area contributed by atoms with Gasteiger partial charge in [0.1, 0.15) is 0 Å². The van der Waals surface area contributed by atoms with Gasteiger partial charge in [0, 0.05) is 19.1 Å². The Balaban J connectivity index is 2.80. The molecule has 1 aromatic rings. The van der Waals surface area contributed by atoms with Crippen LogP contribution in [-0.4, -0.2) is 54.6 Å². The van der Waals surface area contributed by atoms with Gasteiger partial charge in [0.25, 0.3) is 0 Å². The van der Waals surface area contributed by atoms with E-state index in [9.17, 15) is 4.79 Å². The Morgan fingerprint density at radius 2 is 2.00 bits per heavy atom. The van der Waals surface area contributed by atoms with Crippen LogP contribution >= 0.6 is 0 Å². The minimum absolute atomic E-state index is 0.0724. The average Bonchev–Trinajstić information content (AvgIpc) is 2.33. The van der Waals surface area contributed by atoms with Crippen LogP contribution in [0.3, 0.4) is 0 Å². The fraction of sp³-hybridized carbons (Fsp3) is 0.533. The molecule has 4 heteroatoms. The van der Waals surface area contributed by atoms with Crippen LogP contribution in [0.1, 0.15) is 24.1 Å². The van der Waals surface area contributed by atoms with Crippen LogP contribution in [0, 0.1) is 6.92 Å². The molecule has 0 heterocycles. The van der Waals surface area contributed by atoms with Crippen molar-refractivity contribution in [1.29, 1.82) is 0 Å². The third-order valence-electron chi connectivity index (χ3n) is 3.25. The number of rotatable bonds is 7. The van der Waals surface area contributed by atoms with Crippen LogP contribution in [0.5, 0.6) is 0 Å². The Morgan fingerprint density at radius 3 is 2.53 bits per heavy atom. The molecule has 0 fully saturated rings. The van der Waals surface area contributed by atoms with Gasteiger partial charge in [-0.15, -0.1) is 0 Å². The monoisotopic (exact) mass is 264 g/mol. The highest BCUT2D eigenvalue weighted by atomic mass is 16.4.